The van der Waals surface area contributed by atoms with Crippen LogP contribution in [0.2, 0.25) is 0 Å². The molecule has 154 valence electrons. The summed E-state index contributed by atoms with van der Waals surface area (Å²) in [5.74, 6) is -1.82. The fourth-order valence-electron chi connectivity index (χ4n) is 3.67. The van der Waals surface area contributed by atoms with Crippen LogP contribution in [0.4, 0.5) is 15.3 Å². The van der Waals surface area contributed by atoms with Gasteiger partial charge in [-0.3, -0.25) is 4.79 Å². The Bertz CT molecular complexity index is 1200. The molecule has 3 aromatic carbocycles. The van der Waals surface area contributed by atoms with Crippen molar-refractivity contribution in [2.24, 2.45) is 0 Å². The van der Waals surface area contributed by atoms with E-state index in [9.17, 15) is 17.1 Å². The second kappa shape index (κ2) is 7.79. The van der Waals surface area contributed by atoms with Crippen LogP contribution in [0, 0.1) is 0 Å². The molecule has 30 heavy (non-hydrogen) atoms. The number of carbonyl (C=O) groups excluding carboxylic acids is 1. The van der Waals surface area contributed by atoms with E-state index in [1.165, 1.54) is 12.1 Å². The van der Waals surface area contributed by atoms with Gasteiger partial charge in [0.05, 0.1) is 0 Å². The first kappa shape index (κ1) is 19.9. The van der Waals surface area contributed by atoms with Gasteiger partial charge in [0.2, 0.25) is 0 Å². The lowest BCUT2D eigenvalue weighted by molar-refractivity contribution is -0.145. The van der Waals surface area contributed by atoms with Crippen LogP contribution in [0.3, 0.4) is 0 Å². The van der Waals surface area contributed by atoms with Crippen molar-refractivity contribution < 1.29 is 26.0 Å². The Morgan fingerprint density at radius 2 is 1.63 bits per heavy atom. The minimum atomic E-state index is -5.28. The van der Waals surface area contributed by atoms with Crippen LogP contribution >= 0.6 is 0 Å². The monoisotopic (exact) mass is 427 g/mol. The van der Waals surface area contributed by atoms with E-state index in [0.29, 0.717) is 11.3 Å². The van der Waals surface area contributed by atoms with Crippen molar-refractivity contribution in [3.05, 3.63) is 89.5 Å². The summed E-state index contributed by atoms with van der Waals surface area (Å²) in [6, 6.07) is 20.9. The van der Waals surface area contributed by atoms with Crippen LogP contribution in [0.15, 0.2) is 72.8 Å². The lowest BCUT2D eigenvalue weighted by Crippen LogP contribution is -2.28. The second-order valence-corrected chi connectivity index (χ2v) is 7.76. The summed E-state index contributed by atoms with van der Waals surface area (Å²) in [7, 11) is -3.51. The topological polar surface area (TPSA) is 72.9 Å². The first-order valence-electron chi connectivity index (χ1n) is 9.15. The lowest BCUT2D eigenvalue weighted by Gasteiger charge is -2.35. The summed E-state index contributed by atoms with van der Waals surface area (Å²) >= 11 is 0. The normalized spacial score (nSPS) is 15.1. The molecule has 0 fully saturated rings. The van der Waals surface area contributed by atoms with Crippen molar-refractivity contribution >= 4 is 27.8 Å². The Labute approximate surface area is 173 Å². The summed E-state index contributed by atoms with van der Waals surface area (Å²) in [5.41, 5.74) is 2.93. The Hall–Kier alpha value is -3.39. The number of anilines is 2. The third-order valence-corrected chi connectivity index (χ3v) is 5.33. The molecule has 1 atom stereocenters. The molecule has 1 aliphatic rings. The highest BCUT2D eigenvalue weighted by molar-refractivity contribution is 7.81. The van der Waals surface area contributed by atoms with E-state index in [-0.39, 0.29) is 17.9 Å². The molecule has 0 saturated carbocycles. The molecule has 8 heteroatoms. The molecule has 0 N–H and O–H groups in total. The average Bonchev–Trinajstić information content (AvgIpc) is 2.73. The molecule has 1 unspecified atom stereocenters. The summed E-state index contributed by atoms with van der Waals surface area (Å²) in [6.45, 7) is 0.0496. The summed E-state index contributed by atoms with van der Waals surface area (Å²) in [6.07, 6.45) is 0. The van der Waals surface area contributed by atoms with Crippen LogP contribution in [0.5, 0.6) is 5.75 Å². The molecule has 1 aliphatic heterocycles. The molecule has 0 aliphatic carbocycles. The predicted molar refractivity (Wildman–Crippen MR) is 110 cm³/mol. The van der Waals surface area contributed by atoms with Gasteiger partial charge in [-0.25, -0.2) is 0 Å². The third kappa shape index (κ3) is 3.86. The average molecular weight is 427 g/mol. The van der Waals surface area contributed by atoms with Crippen molar-refractivity contribution in [2.45, 2.75) is 12.5 Å². The summed E-state index contributed by atoms with van der Waals surface area (Å²) in [4.78, 5) is 15.0. The van der Waals surface area contributed by atoms with Gasteiger partial charge in [-0.15, -0.1) is 0 Å². The van der Waals surface area contributed by atoms with Crippen LogP contribution in [-0.4, -0.2) is 21.4 Å². The quantitative estimate of drug-likeness (QED) is 0.448. The number of rotatable bonds is 5. The number of hydrogen-bond acceptors (Lipinski definition) is 6. The zero-order valence-corrected chi connectivity index (χ0v) is 16.8. The Kier molecular flexibility index (Phi) is 5.17. The minimum absolute atomic E-state index is 0.0496. The maximum atomic E-state index is 13.4. The highest BCUT2D eigenvalue weighted by Gasteiger charge is 2.38. The van der Waals surface area contributed by atoms with Gasteiger partial charge >= 0.3 is 16.5 Å². The number of benzene rings is 3. The number of fused-ring (bicyclic) bond motifs is 2. The molecule has 0 aromatic heterocycles. The van der Waals surface area contributed by atoms with Crippen LogP contribution in [0.25, 0.3) is 0 Å². The van der Waals surface area contributed by atoms with E-state index >= 15 is 0 Å². The maximum absolute atomic E-state index is 13.4. The minimum Gasteiger partial charge on any atom is -0.460 e. The van der Waals surface area contributed by atoms with Gasteiger partial charge in [-0.1, -0.05) is 58.5 Å². The van der Waals surface area contributed by atoms with Crippen molar-refractivity contribution in [1.82, 2.24) is 0 Å². The van der Waals surface area contributed by atoms with E-state index in [0.717, 1.165) is 11.3 Å². The van der Waals surface area contributed by atoms with Crippen LogP contribution < -0.4 is 9.08 Å². The van der Waals surface area contributed by atoms with E-state index in [2.05, 4.69) is 4.18 Å². The lowest BCUT2D eigenvalue weighted by atomic mass is 9.84. The smallest absolute Gasteiger partial charge is 0.460 e. The molecular formula is C22H18FNO5S. The van der Waals surface area contributed by atoms with Gasteiger partial charge in [0, 0.05) is 24.0 Å². The van der Waals surface area contributed by atoms with E-state index in [4.69, 9.17) is 4.74 Å². The molecule has 0 bridgehead atoms. The predicted octanol–water partition coefficient (Wildman–Crippen LogP) is 4.24. The van der Waals surface area contributed by atoms with Crippen molar-refractivity contribution in [2.75, 3.05) is 11.9 Å². The number of ether oxygens (including phenoxy) is 1. The van der Waals surface area contributed by atoms with Gasteiger partial charge in [0.25, 0.3) is 0 Å². The Morgan fingerprint density at radius 3 is 2.37 bits per heavy atom. The first-order chi connectivity index (χ1) is 14.3. The largest absolute Gasteiger partial charge is 0.488 e. The number of halogens is 1. The first-order valence-corrected chi connectivity index (χ1v) is 10.5. The molecular weight excluding hydrogens is 409 g/mol. The van der Waals surface area contributed by atoms with Crippen molar-refractivity contribution in [1.29, 1.82) is 0 Å². The summed E-state index contributed by atoms with van der Waals surface area (Å²) in [5, 5.41) is 0. The molecule has 0 spiro atoms. The van der Waals surface area contributed by atoms with E-state index in [1.54, 1.807) is 30.1 Å². The molecule has 1 heterocycles. The molecule has 4 rings (SSSR count). The molecule has 6 nitrogen and oxygen atoms in total. The Morgan fingerprint density at radius 1 is 0.967 bits per heavy atom. The number of nitrogens with zero attached hydrogens (tertiary/aromatic N) is 1. The van der Waals surface area contributed by atoms with Gasteiger partial charge in [0.1, 0.15) is 12.5 Å². The van der Waals surface area contributed by atoms with Crippen LogP contribution in [-0.2, 0) is 26.6 Å². The van der Waals surface area contributed by atoms with E-state index in [1.807, 2.05) is 42.5 Å². The highest BCUT2D eigenvalue weighted by atomic mass is 32.3. The number of hydrogen-bond donors (Lipinski definition) is 0. The zero-order chi connectivity index (χ0) is 21.3. The zero-order valence-electron chi connectivity index (χ0n) is 16.0. The van der Waals surface area contributed by atoms with Crippen molar-refractivity contribution in [3.8, 4) is 5.75 Å². The number of para-hydroxylation sites is 1. The van der Waals surface area contributed by atoms with Gasteiger partial charge in [-0.05, 0) is 29.3 Å². The van der Waals surface area contributed by atoms with Crippen LogP contribution in [0.1, 0.15) is 22.6 Å². The highest BCUT2D eigenvalue weighted by Crippen LogP contribution is 2.49. The molecule has 0 radical (unpaired) electrons. The molecule has 0 saturated heterocycles. The van der Waals surface area contributed by atoms with Gasteiger partial charge < -0.3 is 13.8 Å². The number of carbonyl (C=O) groups is 1. The summed E-state index contributed by atoms with van der Waals surface area (Å²) < 4.78 is 45.8. The molecule has 3 aromatic rings. The standard InChI is InChI=1S/C22H18FNO5S/c1-24-17-11-6-5-10-16(17)20(22(25)28-14-15-8-3-2-4-9-15)21-18(24)12-7-13-19(21)29-30(23,26)27/h2-13,20H,14H2,1H3. The van der Waals surface area contributed by atoms with E-state index < -0.39 is 22.4 Å². The molecule has 0 amide bonds. The maximum Gasteiger partial charge on any atom is 0.488 e. The third-order valence-electron chi connectivity index (χ3n) is 4.95. The fourth-order valence-corrected chi connectivity index (χ4v) is 4.03. The van der Waals surface area contributed by atoms with Gasteiger partial charge in [-0.2, -0.15) is 8.42 Å². The number of esters is 1. The Balaban J connectivity index is 1.79. The second-order valence-electron chi connectivity index (χ2n) is 6.81. The van der Waals surface area contributed by atoms with Crippen molar-refractivity contribution in [3.63, 3.8) is 0 Å². The van der Waals surface area contributed by atoms with Gasteiger partial charge in [0.15, 0.2) is 5.75 Å². The SMILES string of the molecule is CN1c2ccccc2C(C(=O)OCc2ccccc2)c2c(OS(=O)(=O)F)cccc21. The fraction of sp³-hybridized carbons (Fsp3) is 0.136.